The van der Waals surface area contributed by atoms with Crippen molar-refractivity contribution in [2.45, 2.75) is 365 Å². The molecule has 11 nitrogen and oxygen atoms in total. The number of aliphatic imine (C=N–C) groups is 1. The normalized spacial score (nSPS) is 18.8. The van der Waals surface area contributed by atoms with Gasteiger partial charge < -0.3 is 27.8 Å². The predicted octanol–water partition coefficient (Wildman–Crippen LogP) is 26.4. The molecule has 0 saturated heterocycles. The fourth-order valence-corrected chi connectivity index (χ4v) is 12.8. The molecule has 0 aromatic carbocycles. The van der Waals surface area contributed by atoms with Crippen LogP contribution in [0.1, 0.15) is 360 Å². The van der Waals surface area contributed by atoms with Crippen LogP contribution < -0.4 is 5.76 Å². The second-order valence-corrected chi connectivity index (χ2v) is 43.9. The Bertz CT molecular complexity index is 3140. The molecule has 0 unspecified atom stereocenters. The molecular formula is C87H154N4O7. The number of furan rings is 1. The SMILES string of the molecule is CC(C)(C)C1=C(C(C)(C)C)C(C)(C)CO1.CC(C)(C)C1=C(C(C)(C)C)COC1.CC(C)(C)C1=C(C(C)(C)C)N=NC1.CC(C)(C)C1=C(C(C)(C)C)OC2(CCC2)O1.CC(C)(C)c1[nH]c(=O)oc1C(C)(C)C.CC(C)(C)c1ccoc1C(C)(C)C.CC1=NC(C(C)(C)C)=C(C(C)(C)C)C1. The number of allylic oxidation sites excluding steroid dienone is 6. The number of nitrogens with one attached hydrogen (secondary N) is 1. The number of oxazole rings is 1. The molecule has 1 N–H and O–H groups in total. The number of azo groups is 1. The maximum absolute atomic E-state index is 11.2. The number of hydrogen-bond donors (Lipinski definition) is 1. The minimum atomic E-state index is -0.361. The van der Waals surface area contributed by atoms with Crippen LogP contribution in [0.2, 0.25) is 0 Å². The van der Waals surface area contributed by atoms with E-state index < -0.39 is 0 Å². The Hall–Kier alpha value is -4.38. The molecule has 0 bridgehead atoms. The van der Waals surface area contributed by atoms with Crippen molar-refractivity contribution in [2.24, 2.45) is 74.8 Å². The smallest absolute Gasteiger partial charge is 0.416 e. The maximum atomic E-state index is 11.2. The van der Waals surface area contributed by atoms with Gasteiger partial charge in [-0.05, 0) is 85.3 Å². The van der Waals surface area contributed by atoms with Crippen molar-refractivity contribution in [3.63, 3.8) is 0 Å². The third-order valence-electron chi connectivity index (χ3n) is 18.0. The van der Waals surface area contributed by atoms with E-state index in [1.807, 2.05) is 20.8 Å². The monoisotopic (exact) mass is 1370 g/mol. The molecule has 2 aromatic heterocycles. The summed E-state index contributed by atoms with van der Waals surface area (Å²) in [5.41, 5.74) is 15.3. The van der Waals surface area contributed by atoms with E-state index in [1.165, 1.54) is 62.7 Å². The lowest BCUT2D eigenvalue weighted by atomic mass is 9.69. The summed E-state index contributed by atoms with van der Waals surface area (Å²) >= 11 is 0. The minimum absolute atomic E-state index is 0.0295. The fourth-order valence-electron chi connectivity index (χ4n) is 12.8. The molecule has 1 fully saturated rings. The van der Waals surface area contributed by atoms with Gasteiger partial charge in [0.1, 0.15) is 28.8 Å². The summed E-state index contributed by atoms with van der Waals surface area (Å²) in [6, 6.07) is 2.08. The van der Waals surface area contributed by atoms with Gasteiger partial charge in [-0.1, -0.05) is 305 Å². The second kappa shape index (κ2) is 30.5. The largest absolute Gasteiger partial charge is 0.496 e. The van der Waals surface area contributed by atoms with E-state index in [-0.39, 0.29) is 92.8 Å². The van der Waals surface area contributed by atoms with Crippen LogP contribution in [-0.4, -0.2) is 42.8 Å². The van der Waals surface area contributed by atoms with Crippen molar-refractivity contribution >= 4 is 5.71 Å². The fraction of sp³-hybridized carbons (Fsp3) is 0.793. The van der Waals surface area contributed by atoms with E-state index >= 15 is 0 Å². The van der Waals surface area contributed by atoms with Gasteiger partial charge in [0, 0.05) is 79.4 Å². The van der Waals surface area contributed by atoms with E-state index in [2.05, 4.69) is 312 Å². The lowest BCUT2D eigenvalue weighted by Crippen LogP contribution is -2.39. The first kappa shape index (κ1) is 89.7. The molecule has 7 heterocycles. The lowest BCUT2D eigenvalue weighted by Gasteiger charge is -2.38. The van der Waals surface area contributed by atoms with E-state index in [1.54, 1.807) is 6.26 Å². The Kier molecular flexibility index (Phi) is 27.9. The van der Waals surface area contributed by atoms with Crippen LogP contribution in [0.4, 0.5) is 0 Å². The first-order chi connectivity index (χ1) is 43.0. The number of nitrogens with zero attached hydrogens (tertiary/aromatic N) is 3. The number of aromatic nitrogens is 1. The highest BCUT2D eigenvalue weighted by molar-refractivity contribution is 5.88. The summed E-state index contributed by atoms with van der Waals surface area (Å²) in [7, 11) is 0. The molecular weight excluding hydrogens is 1210 g/mol. The van der Waals surface area contributed by atoms with E-state index in [9.17, 15) is 4.79 Å². The Balaban J connectivity index is 0.000000389. The van der Waals surface area contributed by atoms with Crippen LogP contribution in [0.15, 0.2) is 97.7 Å². The molecule has 1 saturated carbocycles. The van der Waals surface area contributed by atoms with Gasteiger partial charge in [0.2, 0.25) is 0 Å². The van der Waals surface area contributed by atoms with E-state index in [0.717, 1.165) is 74.4 Å². The van der Waals surface area contributed by atoms with Gasteiger partial charge in [0.15, 0.2) is 0 Å². The molecule has 1 aliphatic carbocycles. The van der Waals surface area contributed by atoms with Gasteiger partial charge in [0.25, 0.3) is 5.79 Å². The van der Waals surface area contributed by atoms with Crippen LogP contribution in [0.5, 0.6) is 0 Å². The number of ether oxygens (including phenoxy) is 4. The molecule has 0 radical (unpaired) electrons. The molecule has 6 aliphatic rings. The highest BCUT2D eigenvalue weighted by Gasteiger charge is 2.53. The van der Waals surface area contributed by atoms with Crippen molar-refractivity contribution in [3.05, 3.63) is 102 Å². The number of hydrogen-bond acceptors (Lipinski definition) is 10. The molecule has 11 heteroatoms. The minimum Gasteiger partial charge on any atom is -0.496 e. The number of rotatable bonds is 0. The topological polar surface area (TPSA) is 133 Å². The first-order valence-corrected chi connectivity index (χ1v) is 37.1. The average molecular weight is 1370 g/mol. The standard InChI is InChI=1S/C14H24O2.C14H26O.C13H23N.C12H22O.C12H20O.C11H20N2.C11H19NO2/c1-12(2,3)10-11(13(4,5)6)16-14(15-10)8-7-9-14;1-12(2,3)10-11(13(4,5)6)15-9-14(10,7)8;1-9-8-10(12(2,3)4)11(14-9)13(5,6)7;1-11(2,3)9-7-13-8-10(9)12(4,5)6;1-11(2,3)9-7-8-13-10(9)12(4,5)6;1-10(2,3)8-7-12-13-9(8)11(4,5)6;1-10(2,3)7-8(11(4,5)6)14-9(13)12-7/h7-9H2,1-6H3;9H2,1-8H3;8H2,1-7H3;7-8H2,1-6H3;7-8H,1-6H3;7H2,1-6H3;1-6H3,(H,12,13). The third-order valence-corrected chi connectivity index (χ3v) is 18.0. The Morgan fingerprint density at radius 2 is 0.847 bits per heavy atom. The molecule has 98 heavy (non-hydrogen) atoms. The van der Waals surface area contributed by atoms with Gasteiger partial charge in [-0.25, -0.2) is 4.79 Å². The van der Waals surface area contributed by atoms with Gasteiger partial charge in [-0.2, -0.15) is 10.2 Å². The Morgan fingerprint density at radius 3 is 1.11 bits per heavy atom. The molecule has 1 spiro atoms. The molecule has 0 amide bonds. The van der Waals surface area contributed by atoms with Crippen molar-refractivity contribution in [2.75, 3.05) is 26.4 Å². The molecule has 564 valence electrons. The first-order valence-electron chi connectivity index (χ1n) is 37.1. The summed E-state index contributed by atoms with van der Waals surface area (Å²) in [6.07, 6.45) is 6.14. The summed E-state index contributed by atoms with van der Waals surface area (Å²) in [5, 5.41) is 8.39. The Labute approximate surface area is 603 Å². The summed E-state index contributed by atoms with van der Waals surface area (Å²) < 4.78 is 34.5. The van der Waals surface area contributed by atoms with Crippen LogP contribution in [0, 0.1) is 59.6 Å². The molecule has 8 rings (SSSR count). The quantitative estimate of drug-likeness (QED) is 0.260. The van der Waals surface area contributed by atoms with E-state index in [0.29, 0.717) is 0 Å². The third kappa shape index (κ3) is 25.5. The zero-order valence-corrected chi connectivity index (χ0v) is 72.5. The van der Waals surface area contributed by atoms with Gasteiger partial charge in [-0.15, -0.1) is 0 Å². The second-order valence-electron chi connectivity index (χ2n) is 43.9. The molecule has 5 aliphatic heterocycles. The highest BCUT2D eigenvalue weighted by Crippen LogP contribution is 2.54. The zero-order valence-electron chi connectivity index (χ0n) is 72.5. The average Bonchev–Trinajstić information content (AvgIpc) is 1.61. The zero-order chi connectivity index (χ0) is 77.4. The maximum Gasteiger partial charge on any atom is 0.416 e. The number of H-pyrrole nitrogens is 1. The van der Waals surface area contributed by atoms with Gasteiger partial charge in [0.05, 0.1) is 44.0 Å². The summed E-state index contributed by atoms with van der Waals surface area (Å²) in [5.74, 6) is 4.53. The van der Waals surface area contributed by atoms with Gasteiger partial charge >= 0.3 is 5.76 Å². The Morgan fingerprint density at radius 1 is 0.439 bits per heavy atom. The van der Waals surface area contributed by atoms with Crippen molar-refractivity contribution < 1.29 is 27.8 Å². The summed E-state index contributed by atoms with van der Waals surface area (Å²) in [4.78, 5) is 18.7. The van der Waals surface area contributed by atoms with Crippen molar-refractivity contribution in [1.82, 2.24) is 4.98 Å². The molecule has 0 atom stereocenters. The lowest BCUT2D eigenvalue weighted by molar-refractivity contribution is -0.212. The van der Waals surface area contributed by atoms with E-state index in [4.69, 9.17) is 32.8 Å². The van der Waals surface area contributed by atoms with Crippen LogP contribution >= 0.6 is 0 Å². The van der Waals surface area contributed by atoms with Gasteiger partial charge in [-0.3, -0.25) is 9.98 Å². The van der Waals surface area contributed by atoms with Crippen molar-refractivity contribution in [3.8, 4) is 0 Å². The predicted molar refractivity (Wildman–Crippen MR) is 419 cm³/mol. The highest BCUT2D eigenvalue weighted by atomic mass is 16.7. The summed E-state index contributed by atoms with van der Waals surface area (Å²) in [6.45, 7) is 103. The molecule has 2 aromatic rings. The van der Waals surface area contributed by atoms with Crippen LogP contribution in [-0.2, 0) is 40.6 Å². The van der Waals surface area contributed by atoms with Crippen LogP contribution in [0.3, 0.4) is 0 Å². The van der Waals surface area contributed by atoms with Crippen LogP contribution in [0.25, 0.3) is 0 Å². The number of aromatic amines is 1. The van der Waals surface area contributed by atoms with Crippen molar-refractivity contribution in [1.29, 1.82) is 0 Å².